The van der Waals surface area contributed by atoms with Crippen molar-refractivity contribution in [2.75, 3.05) is 13.7 Å². The first-order chi connectivity index (χ1) is 7.22. The molecule has 1 amide bonds. The van der Waals surface area contributed by atoms with Crippen LogP contribution in [0, 0.1) is 11.8 Å². The Balaban J connectivity index is 2.52. The lowest BCUT2D eigenvalue weighted by atomic mass is 10.4. The van der Waals surface area contributed by atoms with Crippen molar-refractivity contribution in [1.82, 2.24) is 15.5 Å². The van der Waals surface area contributed by atoms with Crippen molar-refractivity contribution in [3.05, 3.63) is 17.8 Å². The van der Waals surface area contributed by atoms with Crippen molar-refractivity contribution in [3.63, 3.8) is 0 Å². The summed E-state index contributed by atoms with van der Waals surface area (Å²) in [7, 11) is 1.52. The smallest absolute Gasteiger partial charge is 0.233 e. The summed E-state index contributed by atoms with van der Waals surface area (Å²) in [6.45, 7) is 1.75. The number of carbonyl (C=O) groups excluding carboxylic acids is 1. The Morgan fingerprint density at radius 1 is 1.53 bits per heavy atom. The number of hydrogen-bond acceptors (Lipinski definition) is 4. The number of rotatable bonds is 2. The van der Waals surface area contributed by atoms with Crippen LogP contribution in [0.25, 0.3) is 0 Å². The van der Waals surface area contributed by atoms with Gasteiger partial charge in [-0.15, -0.1) is 10.2 Å². The zero-order valence-electron chi connectivity index (χ0n) is 8.57. The first-order valence-electron chi connectivity index (χ1n) is 4.33. The topological polar surface area (TPSA) is 64.1 Å². The van der Waals surface area contributed by atoms with Crippen LogP contribution in [-0.2, 0) is 4.79 Å². The Labute approximate surface area is 87.9 Å². The highest BCUT2D eigenvalue weighted by molar-refractivity contribution is 5.73. The van der Waals surface area contributed by atoms with Gasteiger partial charge in [0.1, 0.15) is 5.69 Å². The lowest BCUT2D eigenvalue weighted by molar-refractivity contribution is -0.118. The molecule has 5 nitrogen and oxygen atoms in total. The normalized spacial score (nSPS) is 8.67. The maximum Gasteiger partial charge on any atom is 0.233 e. The molecule has 0 bridgehead atoms. The molecule has 15 heavy (non-hydrogen) atoms. The molecule has 0 saturated carbocycles. The van der Waals surface area contributed by atoms with Gasteiger partial charge < -0.3 is 10.1 Å². The largest absolute Gasteiger partial charge is 0.480 e. The van der Waals surface area contributed by atoms with E-state index in [1.807, 2.05) is 0 Å². The van der Waals surface area contributed by atoms with E-state index in [9.17, 15) is 4.79 Å². The van der Waals surface area contributed by atoms with E-state index in [0.29, 0.717) is 18.1 Å². The number of nitrogens with one attached hydrogen (secondary N) is 1. The van der Waals surface area contributed by atoms with E-state index < -0.39 is 0 Å². The summed E-state index contributed by atoms with van der Waals surface area (Å²) in [5.74, 6) is 5.84. The third-order valence-corrected chi connectivity index (χ3v) is 1.49. The molecule has 0 atom stereocenters. The highest BCUT2D eigenvalue weighted by Gasteiger charge is 1.92. The predicted octanol–water partition coefficient (Wildman–Crippen LogP) is -0.0272. The number of methoxy groups -OCH3 is 1. The highest BCUT2D eigenvalue weighted by atomic mass is 16.5. The van der Waals surface area contributed by atoms with Crippen molar-refractivity contribution in [1.29, 1.82) is 0 Å². The molecule has 0 aliphatic rings. The van der Waals surface area contributed by atoms with Gasteiger partial charge in [-0.05, 0) is 12.0 Å². The van der Waals surface area contributed by atoms with Crippen LogP contribution in [-0.4, -0.2) is 29.8 Å². The number of aromatic nitrogens is 2. The Bertz CT molecular complexity index is 389. The Morgan fingerprint density at radius 3 is 2.87 bits per heavy atom. The summed E-state index contributed by atoms with van der Waals surface area (Å²) < 4.78 is 4.85. The molecule has 1 rings (SSSR count). The second kappa shape index (κ2) is 5.60. The number of carbonyl (C=O) groups is 1. The minimum absolute atomic E-state index is 0.106. The van der Waals surface area contributed by atoms with Gasteiger partial charge in [0.05, 0.1) is 13.7 Å². The van der Waals surface area contributed by atoms with Crippen LogP contribution in [0.15, 0.2) is 12.1 Å². The Hall–Kier alpha value is -2.09. The van der Waals surface area contributed by atoms with Crippen molar-refractivity contribution in [3.8, 4) is 17.7 Å². The van der Waals surface area contributed by atoms with E-state index in [2.05, 4.69) is 27.4 Å². The maximum absolute atomic E-state index is 10.5. The first-order valence-corrected chi connectivity index (χ1v) is 4.33. The molecular formula is C10H11N3O2. The molecule has 1 aromatic heterocycles. The minimum atomic E-state index is -0.106. The summed E-state index contributed by atoms with van der Waals surface area (Å²) in [4.78, 5) is 10.5. The van der Waals surface area contributed by atoms with Crippen LogP contribution in [0.2, 0.25) is 0 Å². The first kappa shape index (κ1) is 11.0. The monoisotopic (exact) mass is 205 g/mol. The fourth-order valence-corrected chi connectivity index (χ4v) is 0.799. The van der Waals surface area contributed by atoms with E-state index in [1.165, 1.54) is 14.0 Å². The molecule has 0 aliphatic carbocycles. The van der Waals surface area contributed by atoms with Gasteiger partial charge in [-0.2, -0.15) is 0 Å². The predicted molar refractivity (Wildman–Crippen MR) is 54.1 cm³/mol. The molecule has 0 unspecified atom stereocenters. The average Bonchev–Trinajstić information content (AvgIpc) is 2.25. The SMILES string of the molecule is COc1ccc(C#CCNC(C)=O)nn1. The molecule has 0 fully saturated rings. The molecule has 5 heteroatoms. The van der Waals surface area contributed by atoms with Crippen LogP contribution < -0.4 is 10.1 Å². The molecule has 0 aliphatic heterocycles. The van der Waals surface area contributed by atoms with Gasteiger partial charge in [0.15, 0.2) is 0 Å². The fourth-order valence-electron chi connectivity index (χ4n) is 0.799. The van der Waals surface area contributed by atoms with Gasteiger partial charge in [0, 0.05) is 13.0 Å². The van der Waals surface area contributed by atoms with Crippen molar-refractivity contribution < 1.29 is 9.53 Å². The minimum Gasteiger partial charge on any atom is -0.480 e. The molecule has 78 valence electrons. The lowest BCUT2D eigenvalue weighted by Gasteiger charge is -1.95. The Morgan fingerprint density at radius 2 is 2.33 bits per heavy atom. The summed E-state index contributed by atoms with van der Waals surface area (Å²) in [5.41, 5.74) is 0.543. The second-order valence-corrected chi connectivity index (χ2v) is 2.67. The molecule has 1 heterocycles. The fraction of sp³-hybridized carbons (Fsp3) is 0.300. The number of ether oxygens (including phenoxy) is 1. The average molecular weight is 205 g/mol. The Kier molecular flexibility index (Phi) is 4.10. The van der Waals surface area contributed by atoms with Crippen molar-refractivity contribution in [2.45, 2.75) is 6.92 Å². The van der Waals surface area contributed by atoms with E-state index in [0.717, 1.165) is 0 Å². The summed E-state index contributed by atoms with van der Waals surface area (Å²) >= 11 is 0. The van der Waals surface area contributed by atoms with Crippen LogP contribution in [0.1, 0.15) is 12.6 Å². The number of nitrogens with zero attached hydrogens (tertiary/aromatic N) is 2. The summed E-state index contributed by atoms with van der Waals surface area (Å²) in [5, 5.41) is 10.1. The van der Waals surface area contributed by atoms with Gasteiger partial charge in [-0.25, -0.2) is 0 Å². The quantitative estimate of drug-likeness (QED) is 0.689. The zero-order valence-corrected chi connectivity index (χ0v) is 8.57. The third kappa shape index (κ3) is 4.09. The van der Waals surface area contributed by atoms with E-state index >= 15 is 0 Å². The van der Waals surface area contributed by atoms with Gasteiger partial charge in [0.2, 0.25) is 11.8 Å². The van der Waals surface area contributed by atoms with Crippen LogP contribution in [0.5, 0.6) is 5.88 Å². The van der Waals surface area contributed by atoms with Gasteiger partial charge in [-0.1, -0.05) is 5.92 Å². The van der Waals surface area contributed by atoms with E-state index in [-0.39, 0.29) is 5.91 Å². The van der Waals surface area contributed by atoms with Crippen LogP contribution in [0.4, 0.5) is 0 Å². The van der Waals surface area contributed by atoms with E-state index in [4.69, 9.17) is 4.74 Å². The third-order valence-electron chi connectivity index (χ3n) is 1.49. The van der Waals surface area contributed by atoms with Gasteiger partial charge in [0.25, 0.3) is 0 Å². The van der Waals surface area contributed by atoms with Gasteiger partial charge >= 0.3 is 0 Å². The zero-order chi connectivity index (χ0) is 11.1. The van der Waals surface area contributed by atoms with Crippen molar-refractivity contribution >= 4 is 5.91 Å². The highest BCUT2D eigenvalue weighted by Crippen LogP contribution is 2.01. The molecule has 1 aromatic rings. The molecule has 0 radical (unpaired) electrons. The number of hydrogen-bond donors (Lipinski definition) is 1. The van der Waals surface area contributed by atoms with Crippen LogP contribution >= 0.6 is 0 Å². The van der Waals surface area contributed by atoms with Gasteiger partial charge in [-0.3, -0.25) is 4.79 Å². The van der Waals surface area contributed by atoms with E-state index in [1.54, 1.807) is 12.1 Å². The summed E-state index contributed by atoms with van der Waals surface area (Å²) in [6.07, 6.45) is 0. The molecule has 1 N–H and O–H groups in total. The standard InChI is InChI=1S/C10H11N3O2/c1-8(14)11-7-3-4-9-5-6-10(15-2)13-12-9/h5-6H,7H2,1-2H3,(H,11,14). The second-order valence-electron chi connectivity index (χ2n) is 2.67. The molecule has 0 spiro atoms. The van der Waals surface area contributed by atoms with Crippen molar-refractivity contribution in [2.24, 2.45) is 0 Å². The van der Waals surface area contributed by atoms with Crippen LogP contribution in [0.3, 0.4) is 0 Å². The number of amides is 1. The molecule has 0 saturated heterocycles. The lowest BCUT2D eigenvalue weighted by Crippen LogP contribution is -2.19. The maximum atomic E-state index is 10.5. The summed E-state index contributed by atoms with van der Waals surface area (Å²) in [6, 6.07) is 3.38. The molecule has 0 aromatic carbocycles. The molecular weight excluding hydrogens is 194 g/mol.